The first kappa shape index (κ1) is 12.0. The quantitative estimate of drug-likeness (QED) is 0.842. The number of carbonyl (C=O) groups is 1. The molecular weight excluding hydrogens is 216 g/mol. The van der Waals surface area contributed by atoms with Crippen LogP contribution in [0.2, 0.25) is 5.15 Å². The molecule has 0 aliphatic carbocycles. The Bertz CT molecular complexity index is 361. The van der Waals surface area contributed by atoms with E-state index in [9.17, 15) is 4.79 Å². The number of hydrogen-bond acceptors (Lipinski definition) is 2. The average Bonchev–Trinajstić information content (AvgIpc) is 2.44. The maximum atomic E-state index is 10.4. The van der Waals surface area contributed by atoms with Crippen LogP contribution >= 0.6 is 11.6 Å². The predicted octanol–water partition coefficient (Wildman–Crippen LogP) is 2.04. The van der Waals surface area contributed by atoms with Gasteiger partial charge in [0.05, 0.1) is 12.1 Å². The largest absolute Gasteiger partial charge is 0.481 e. The molecule has 0 unspecified atom stereocenters. The van der Waals surface area contributed by atoms with Gasteiger partial charge in [0.2, 0.25) is 0 Å². The van der Waals surface area contributed by atoms with Crippen molar-refractivity contribution in [3.8, 4) is 0 Å². The number of carboxylic acid groups (broad SMARTS) is 1. The van der Waals surface area contributed by atoms with Crippen LogP contribution in [0.15, 0.2) is 0 Å². The third-order valence-corrected chi connectivity index (χ3v) is 2.70. The molecule has 1 aromatic rings. The number of aliphatic carboxylic acids is 1. The summed E-state index contributed by atoms with van der Waals surface area (Å²) < 4.78 is 1.76. The minimum absolute atomic E-state index is 0.0900. The Hall–Kier alpha value is -1.03. The van der Waals surface area contributed by atoms with Crippen LogP contribution in [-0.2, 0) is 24.7 Å². The monoisotopic (exact) mass is 230 g/mol. The maximum Gasteiger partial charge on any atom is 0.303 e. The van der Waals surface area contributed by atoms with E-state index in [0.29, 0.717) is 11.6 Å². The van der Waals surface area contributed by atoms with Crippen molar-refractivity contribution in [2.24, 2.45) is 7.05 Å². The van der Waals surface area contributed by atoms with Gasteiger partial charge in [-0.1, -0.05) is 24.9 Å². The minimum Gasteiger partial charge on any atom is -0.481 e. The Morgan fingerprint density at radius 1 is 1.53 bits per heavy atom. The van der Waals surface area contributed by atoms with Crippen molar-refractivity contribution in [2.75, 3.05) is 0 Å². The zero-order valence-electron chi connectivity index (χ0n) is 8.96. The fourth-order valence-corrected chi connectivity index (χ4v) is 1.66. The molecule has 0 aliphatic rings. The van der Waals surface area contributed by atoms with Gasteiger partial charge in [0.25, 0.3) is 0 Å². The second-order valence-electron chi connectivity index (χ2n) is 3.47. The number of rotatable bonds is 5. The highest BCUT2D eigenvalue weighted by molar-refractivity contribution is 6.30. The minimum atomic E-state index is -0.814. The van der Waals surface area contributed by atoms with Crippen molar-refractivity contribution in [1.29, 1.82) is 0 Å². The third kappa shape index (κ3) is 2.96. The fraction of sp³-hybridized carbons (Fsp3) is 0.600. The summed E-state index contributed by atoms with van der Waals surface area (Å²) >= 11 is 6.06. The van der Waals surface area contributed by atoms with Gasteiger partial charge < -0.3 is 9.67 Å². The van der Waals surface area contributed by atoms with Crippen LogP contribution in [0.25, 0.3) is 0 Å². The molecule has 0 fully saturated rings. The highest BCUT2D eigenvalue weighted by Crippen LogP contribution is 2.18. The number of nitrogens with zero attached hydrogens (tertiary/aromatic N) is 2. The molecule has 4 nitrogen and oxygen atoms in total. The number of imidazole rings is 1. The van der Waals surface area contributed by atoms with Crippen LogP contribution in [0.1, 0.15) is 31.3 Å². The Morgan fingerprint density at radius 3 is 2.73 bits per heavy atom. The molecule has 0 saturated heterocycles. The molecular formula is C10H15ClN2O2. The molecule has 0 saturated carbocycles. The molecule has 0 radical (unpaired) electrons. The number of aryl methyl sites for hydroxylation is 2. The van der Waals surface area contributed by atoms with E-state index in [0.717, 1.165) is 24.4 Å². The van der Waals surface area contributed by atoms with Crippen molar-refractivity contribution in [3.05, 3.63) is 16.7 Å². The number of halogens is 1. The zero-order valence-corrected chi connectivity index (χ0v) is 9.71. The second-order valence-corrected chi connectivity index (χ2v) is 3.83. The van der Waals surface area contributed by atoms with E-state index in [4.69, 9.17) is 16.7 Å². The smallest absolute Gasteiger partial charge is 0.303 e. The Kier molecular flexibility index (Phi) is 4.15. The van der Waals surface area contributed by atoms with E-state index in [2.05, 4.69) is 11.9 Å². The summed E-state index contributed by atoms with van der Waals surface area (Å²) in [6, 6.07) is 0. The average molecular weight is 231 g/mol. The van der Waals surface area contributed by atoms with Crippen molar-refractivity contribution in [1.82, 2.24) is 9.55 Å². The molecule has 15 heavy (non-hydrogen) atoms. The van der Waals surface area contributed by atoms with Crippen LogP contribution in [0.3, 0.4) is 0 Å². The van der Waals surface area contributed by atoms with Gasteiger partial charge in [-0.3, -0.25) is 4.79 Å². The Morgan fingerprint density at radius 2 is 2.20 bits per heavy atom. The molecule has 84 valence electrons. The maximum absolute atomic E-state index is 10.4. The topological polar surface area (TPSA) is 55.1 Å². The predicted molar refractivity (Wildman–Crippen MR) is 58.2 cm³/mol. The lowest BCUT2D eigenvalue weighted by Crippen LogP contribution is -2.03. The van der Waals surface area contributed by atoms with Crippen molar-refractivity contribution < 1.29 is 9.90 Å². The van der Waals surface area contributed by atoms with E-state index >= 15 is 0 Å². The van der Waals surface area contributed by atoms with Crippen molar-refractivity contribution in [2.45, 2.75) is 32.6 Å². The number of aromatic nitrogens is 2. The summed E-state index contributed by atoms with van der Waals surface area (Å²) in [4.78, 5) is 14.8. The summed E-state index contributed by atoms with van der Waals surface area (Å²) in [6.07, 6.45) is 2.33. The first-order chi connectivity index (χ1) is 7.06. The molecule has 1 heterocycles. The highest BCUT2D eigenvalue weighted by atomic mass is 35.5. The van der Waals surface area contributed by atoms with E-state index in [1.807, 2.05) is 7.05 Å². The lowest BCUT2D eigenvalue weighted by molar-refractivity contribution is -0.137. The molecule has 0 atom stereocenters. The van der Waals surface area contributed by atoms with Crippen LogP contribution in [0.4, 0.5) is 0 Å². The molecule has 0 spiro atoms. The van der Waals surface area contributed by atoms with Crippen molar-refractivity contribution >= 4 is 17.6 Å². The third-order valence-electron chi connectivity index (χ3n) is 2.23. The lowest BCUT2D eigenvalue weighted by atomic mass is 10.3. The molecule has 0 aliphatic heterocycles. The van der Waals surface area contributed by atoms with E-state index in [1.54, 1.807) is 4.57 Å². The van der Waals surface area contributed by atoms with Gasteiger partial charge in [0, 0.05) is 13.5 Å². The summed E-state index contributed by atoms with van der Waals surface area (Å²) in [6.45, 7) is 2.06. The second kappa shape index (κ2) is 5.16. The molecule has 0 aromatic carbocycles. The first-order valence-corrected chi connectivity index (χ1v) is 5.35. The van der Waals surface area contributed by atoms with Gasteiger partial charge in [-0.05, 0) is 6.42 Å². The molecule has 0 bridgehead atoms. The van der Waals surface area contributed by atoms with Gasteiger partial charge in [-0.2, -0.15) is 0 Å². The molecule has 1 N–H and O–H groups in total. The molecule has 1 rings (SSSR count). The molecule has 5 heteroatoms. The van der Waals surface area contributed by atoms with Crippen LogP contribution < -0.4 is 0 Å². The zero-order chi connectivity index (χ0) is 11.4. The summed E-state index contributed by atoms with van der Waals surface area (Å²) in [7, 11) is 1.81. The van der Waals surface area contributed by atoms with Crippen molar-refractivity contribution in [3.63, 3.8) is 0 Å². The standard InChI is InChI=1S/C10H15ClN2O2/c1-3-4-7-10(11)13(2)8(12-7)5-6-9(14)15/h3-6H2,1-2H3,(H,14,15). The Balaban J connectivity index is 2.80. The fourth-order valence-electron chi connectivity index (χ4n) is 1.42. The summed E-state index contributed by atoms with van der Waals surface area (Å²) in [5, 5.41) is 9.20. The van der Waals surface area contributed by atoms with Crippen LogP contribution in [0.5, 0.6) is 0 Å². The summed E-state index contributed by atoms with van der Waals surface area (Å²) in [5.74, 6) is -0.0722. The van der Waals surface area contributed by atoms with Gasteiger partial charge in [0.15, 0.2) is 0 Å². The van der Waals surface area contributed by atoms with E-state index in [-0.39, 0.29) is 6.42 Å². The number of hydrogen-bond donors (Lipinski definition) is 1. The van der Waals surface area contributed by atoms with Gasteiger partial charge in [0.1, 0.15) is 11.0 Å². The normalized spacial score (nSPS) is 10.6. The van der Waals surface area contributed by atoms with Crippen LogP contribution in [0, 0.1) is 0 Å². The van der Waals surface area contributed by atoms with Gasteiger partial charge in [-0.15, -0.1) is 0 Å². The van der Waals surface area contributed by atoms with E-state index in [1.165, 1.54) is 0 Å². The highest BCUT2D eigenvalue weighted by Gasteiger charge is 2.12. The van der Waals surface area contributed by atoms with Crippen LogP contribution in [-0.4, -0.2) is 20.6 Å². The van der Waals surface area contributed by atoms with Gasteiger partial charge in [-0.25, -0.2) is 4.98 Å². The summed E-state index contributed by atoms with van der Waals surface area (Å²) in [5.41, 5.74) is 0.863. The molecule has 1 aromatic heterocycles. The lowest BCUT2D eigenvalue weighted by Gasteiger charge is -1.99. The molecule has 0 amide bonds. The SMILES string of the molecule is CCCc1nc(CCC(=O)O)n(C)c1Cl. The van der Waals surface area contributed by atoms with E-state index < -0.39 is 5.97 Å². The Labute approximate surface area is 93.9 Å². The first-order valence-electron chi connectivity index (χ1n) is 4.98. The van der Waals surface area contributed by atoms with Gasteiger partial charge >= 0.3 is 5.97 Å². The number of carboxylic acids is 1.